The number of nitrogen functional groups attached to an aromatic ring is 2. The summed E-state index contributed by atoms with van der Waals surface area (Å²) >= 11 is 0. The number of carbonyl (C=O) groups excluding carboxylic acids is 2. The van der Waals surface area contributed by atoms with E-state index in [0.29, 0.717) is 45.1 Å². The molecule has 5 N–H and O–H groups in total. The standard InChI is InChI=1S/C27H28N4O4/c1-14-10-18-22(12-20(14)28)34-23-13-21(29)15(2)11-19(23)27(18)17-9-7-6-8-16(17)24(32)31(27)30-25(33)35-26(3,4)5/h6-13H,28-29H2,1-5H3,(H,30,33). The van der Waals surface area contributed by atoms with Crippen LogP contribution in [0.5, 0.6) is 11.5 Å². The zero-order valence-corrected chi connectivity index (χ0v) is 20.4. The highest BCUT2D eigenvalue weighted by atomic mass is 16.6. The molecular weight excluding hydrogens is 444 g/mol. The summed E-state index contributed by atoms with van der Waals surface area (Å²) in [5, 5.41) is 1.34. The first-order valence-electron chi connectivity index (χ1n) is 11.4. The minimum absolute atomic E-state index is 0.366. The van der Waals surface area contributed by atoms with Crippen LogP contribution in [0.15, 0.2) is 48.5 Å². The summed E-state index contributed by atoms with van der Waals surface area (Å²) in [5.74, 6) is 0.586. The van der Waals surface area contributed by atoms with E-state index >= 15 is 0 Å². The number of amides is 2. The second-order valence-electron chi connectivity index (χ2n) is 10.0. The largest absolute Gasteiger partial charge is 0.456 e. The number of hydrazine groups is 1. The summed E-state index contributed by atoms with van der Waals surface area (Å²) in [6.07, 6.45) is -0.744. The van der Waals surface area contributed by atoms with Gasteiger partial charge in [0.25, 0.3) is 5.91 Å². The van der Waals surface area contributed by atoms with Gasteiger partial charge in [0.1, 0.15) is 22.6 Å². The second-order valence-corrected chi connectivity index (χ2v) is 10.0. The first kappa shape index (κ1) is 22.6. The van der Waals surface area contributed by atoms with E-state index in [4.69, 9.17) is 20.9 Å². The summed E-state index contributed by atoms with van der Waals surface area (Å²) in [7, 11) is 0. The first-order chi connectivity index (χ1) is 16.4. The number of fused-ring (bicyclic) bond motifs is 6. The van der Waals surface area contributed by atoms with Crippen LogP contribution < -0.4 is 21.6 Å². The molecule has 8 heteroatoms. The molecule has 2 aliphatic rings. The monoisotopic (exact) mass is 472 g/mol. The van der Waals surface area contributed by atoms with Gasteiger partial charge in [-0.1, -0.05) is 18.2 Å². The van der Waals surface area contributed by atoms with Crippen molar-refractivity contribution in [1.29, 1.82) is 0 Å². The van der Waals surface area contributed by atoms with Crippen molar-refractivity contribution in [3.05, 3.63) is 81.9 Å². The molecule has 8 nitrogen and oxygen atoms in total. The lowest BCUT2D eigenvalue weighted by atomic mass is 9.74. The summed E-state index contributed by atoms with van der Waals surface area (Å²) in [5.41, 5.74) is 18.5. The number of benzene rings is 3. The SMILES string of the molecule is Cc1cc2c(cc1N)Oc1cc(N)c(C)cc1C21c2ccccc2C(=O)N1NC(=O)OC(C)(C)C. The topological polar surface area (TPSA) is 120 Å². The van der Waals surface area contributed by atoms with Crippen molar-refractivity contribution in [1.82, 2.24) is 10.4 Å². The number of nitrogens with one attached hydrogen (secondary N) is 1. The molecular formula is C27H28N4O4. The van der Waals surface area contributed by atoms with Crippen molar-refractivity contribution in [3.63, 3.8) is 0 Å². The third kappa shape index (κ3) is 3.28. The molecule has 3 aromatic carbocycles. The quantitative estimate of drug-likeness (QED) is 0.439. The zero-order valence-electron chi connectivity index (χ0n) is 20.4. The fourth-order valence-electron chi connectivity index (χ4n) is 4.84. The van der Waals surface area contributed by atoms with E-state index < -0.39 is 17.2 Å². The van der Waals surface area contributed by atoms with Crippen LogP contribution in [0.4, 0.5) is 16.2 Å². The van der Waals surface area contributed by atoms with E-state index in [2.05, 4.69) is 5.43 Å². The third-order valence-corrected chi connectivity index (χ3v) is 6.42. The number of hydrogen-bond acceptors (Lipinski definition) is 6. The maximum absolute atomic E-state index is 13.9. The molecule has 2 amide bonds. The average Bonchev–Trinajstić information content (AvgIpc) is 3.00. The van der Waals surface area contributed by atoms with Crippen molar-refractivity contribution in [2.75, 3.05) is 11.5 Å². The van der Waals surface area contributed by atoms with Crippen molar-refractivity contribution < 1.29 is 19.1 Å². The number of anilines is 2. The molecule has 0 atom stereocenters. The molecule has 1 spiro atoms. The van der Waals surface area contributed by atoms with Gasteiger partial charge in [0, 0.05) is 45.8 Å². The summed E-state index contributed by atoms with van der Waals surface area (Å²) in [6, 6.07) is 14.6. The van der Waals surface area contributed by atoms with Gasteiger partial charge in [0.2, 0.25) is 0 Å². The van der Waals surface area contributed by atoms with Gasteiger partial charge in [-0.25, -0.2) is 15.2 Å². The highest BCUT2D eigenvalue weighted by molar-refractivity contribution is 6.03. The van der Waals surface area contributed by atoms with E-state index in [9.17, 15) is 9.59 Å². The summed E-state index contributed by atoms with van der Waals surface area (Å²) < 4.78 is 11.8. The van der Waals surface area contributed by atoms with Gasteiger partial charge in [0.15, 0.2) is 0 Å². The fraction of sp³-hybridized carbons (Fsp3) is 0.259. The van der Waals surface area contributed by atoms with Crippen LogP contribution in [0.25, 0.3) is 0 Å². The highest BCUT2D eigenvalue weighted by Crippen LogP contribution is 2.58. The smallest absolute Gasteiger partial charge is 0.426 e. The average molecular weight is 473 g/mol. The van der Waals surface area contributed by atoms with Crippen molar-refractivity contribution >= 4 is 23.4 Å². The number of ether oxygens (including phenoxy) is 2. The van der Waals surface area contributed by atoms with Crippen LogP contribution in [-0.4, -0.2) is 22.6 Å². The maximum Gasteiger partial charge on any atom is 0.426 e. The predicted molar refractivity (Wildman–Crippen MR) is 133 cm³/mol. The third-order valence-electron chi connectivity index (χ3n) is 6.42. The van der Waals surface area contributed by atoms with Gasteiger partial charge in [-0.15, -0.1) is 0 Å². The lowest BCUT2D eigenvalue weighted by Gasteiger charge is -2.44. The molecule has 180 valence electrons. The Bertz CT molecular complexity index is 1350. The number of nitrogens with two attached hydrogens (primary N) is 2. The molecule has 5 rings (SSSR count). The van der Waals surface area contributed by atoms with Gasteiger partial charge in [-0.05, 0) is 63.9 Å². The van der Waals surface area contributed by atoms with E-state index in [1.807, 2.05) is 38.1 Å². The number of carbonyl (C=O) groups is 2. The Hall–Kier alpha value is -4.20. The van der Waals surface area contributed by atoms with E-state index in [1.54, 1.807) is 45.0 Å². The van der Waals surface area contributed by atoms with Crippen molar-refractivity contribution in [3.8, 4) is 11.5 Å². The van der Waals surface area contributed by atoms with Crippen molar-refractivity contribution in [2.24, 2.45) is 0 Å². The Morgan fingerprint density at radius 2 is 1.49 bits per heavy atom. The minimum atomic E-state index is -1.23. The lowest BCUT2D eigenvalue weighted by Crippen LogP contribution is -2.56. The summed E-state index contributed by atoms with van der Waals surface area (Å²) in [4.78, 5) is 26.9. The molecule has 0 unspecified atom stereocenters. The molecule has 3 aromatic rings. The van der Waals surface area contributed by atoms with Crippen LogP contribution in [-0.2, 0) is 10.3 Å². The van der Waals surface area contributed by atoms with Gasteiger partial charge >= 0.3 is 6.09 Å². The molecule has 35 heavy (non-hydrogen) atoms. The predicted octanol–water partition coefficient (Wildman–Crippen LogP) is 4.76. The number of aryl methyl sites for hydroxylation is 2. The van der Waals surface area contributed by atoms with Crippen LogP contribution in [0.3, 0.4) is 0 Å². The molecule has 2 heterocycles. The second kappa shape index (κ2) is 7.40. The van der Waals surface area contributed by atoms with Crippen LogP contribution in [0.1, 0.15) is 58.9 Å². The maximum atomic E-state index is 13.9. The van der Waals surface area contributed by atoms with Crippen LogP contribution >= 0.6 is 0 Å². The Labute approximate surface area is 203 Å². The molecule has 0 fully saturated rings. The van der Waals surface area contributed by atoms with E-state index in [1.165, 1.54) is 5.01 Å². The van der Waals surface area contributed by atoms with Gasteiger partial charge < -0.3 is 20.9 Å². The number of hydrogen-bond donors (Lipinski definition) is 3. The fourth-order valence-corrected chi connectivity index (χ4v) is 4.84. The normalized spacial score (nSPS) is 15.2. The molecule has 0 bridgehead atoms. The van der Waals surface area contributed by atoms with Crippen molar-refractivity contribution in [2.45, 2.75) is 45.8 Å². The Morgan fingerprint density at radius 1 is 0.943 bits per heavy atom. The van der Waals surface area contributed by atoms with Gasteiger partial charge in [-0.2, -0.15) is 0 Å². The van der Waals surface area contributed by atoms with Gasteiger partial charge in [0.05, 0.1) is 0 Å². The van der Waals surface area contributed by atoms with E-state index in [0.717, 1.165) is 11.1 Å². The lowest BCUT2D eigenvalue weighted by molar-refractivity contribution is 0.0181. The van der Waals surface area contributed by atoms with Crippen LogP contribution in [0.2, 0.25) is 0 Å². The Morgan fingerprint density at radius 3 is 2.03 bits per heavy atom. The van der Waals surface area contributed by atoms with Gasteiger partial charge in [-0.3, -0.25) is 4.79 Å². The Kier molecular flexibility index (Phi) is 4.77. The molecule has 0 aliphatic carbocycles. The highest BCUT2D eigenvalue weighted by Gasteiger charge is 2.57. The molecule has 0 radical (unpaired) electrons. The van der Waals surface area contributed by atoms with Crippen LogP contribution in [0, 0.1) is 13.8 Å². The molecule has 2 aliphatic heterocycles. The molecule has 0 saturated heterocycles. The van der Waals surface area contributed by atoms with E-state index in [-0.39, 0.29) is 5.91 Å². The zero-order chi connectivity index (χ0) is 25.3. The molecule has 0 aromatic heterocycles. The Balaban J connectivity index is 1.86. The summed E-state index contributed by atoms with van der Waals surface area (Å²) in [6.45, 7) is 9.07. The first-order valence-corrected chi connectivity index (χ1v) is 11.4. The number of nitrogens with zero attached hydrogens (tertiary/aromatic N) is 1. The number of rotatable bonds is 1. The minimum Gasteiger partial charge on any atom is -0.456 e. The molecule has 0 saturated carbocycles.